The van der Waals surface area contributed by atoms with Crippen molar-refractivity contribution in [1.29, 1.82) is 0 Å². The number of aromatic nitrogens is 3. The van der Waals surface area contributed by atoms with E-state index >= 15 is 0 Å². The van der Waals surface area contributed by atoms with Gasteiger partial charge < -0.3 is 10.4 Å². The molecule has 144 valence electrons. The van der Waals surface area contributed by atoms with Gasteiger partial charge >= 0.3 is 5.97 Å². The van der Waals surface area contributed by atoms with Crippen LogP contribution in [-0.2, 0) is 22.6 Å². The summed E-state index contributed by atoms with van der Waals surface area (Å²) in [6.07, 6.45) is 0.632. The first-order valence-electron chi connectivity index (χ1n) is 8.93. The standard InChI is InChI=1S/C20H20N4O4/c25-18(21-17(20(27)28)13-14-7-2-1-3-8-14)11-6-12-24-19(26)15-9-4-5-10-16(15)22-23-24/h1-5,7-10,17H,6,11-13H2,(H,21,25)(H,27,28)/t17-/m0/s1. The van der Waals surface area contributed by atoms with Gasteiger partial charge in [-0.25, -0.2) is 9.48 Å². The number of carboxylic acid groups (broad SMARTS) is 1. The zero-order valence-corrected chi connectivity index (χ0v) is 15.1. The van der Waals surface area contributed by atoms with Crippen LogP contribution in [0.25, 0.3) is 10.9 Å². The molecule has 1 aromatic heterocycles. The second kappa shape index (κ2) is 8.90. The summed E-state index contributed by atoms with van der Waals surface area (Å²) in [7, 11) is 0. The van der Waals surface area contributed by atoms with Gasteiger partial charge in [0.2, 0.25) is 5.91 Å². The van der Waals surface area contributed by atoms with E-state index in [-0.39, 0.29) is 30.9 Å². The number of hydrogen-bond acceptors (Lipinski definition) is 5. The Bertz CT molecular complexity index is 1030. The molecule has 8 heteroatoms. The van der Waals surface area contributed by atoms with Gasteiger partial charge in [0, 0.05) is 19.4 Å². The first kappa shape index (κ1) is 19.2. The van der Waals surface area contributed by atoms with Crippen molar-refractivity contribution in [2.75, 3.05) is 0 Å². The number of aryl methyl sites for hydroxylation is 1. The van der Waals surface area contributed by atoms with Crippen LogP contribution in [0.1, 0.15) is 18.4 Å². The maximum Gasteiger partial charge on any atom is 0.326 e. The summed E-state index contributed by atoms with van der Waals surface area (Å²) in [5.41, 5.74) is 1.08. The fourth-order valence-corrected chi connectivity index (χ4v) is 2.88. The lowest BCUT2D eigenvalue weighted by Gasteiger charge is -2.14. The lowest BCUT2D eigenvalue weighted by atomic mass is 10.1. The number of nitrogens with one attached hydrogen (secondary N) is 1. The van der Waals surface area contributed by atoms with Crippen molar-refractivity contribution < 1.29 is 14.7 Å². The molecule has 1 atom stereocenters. The predicted octanol–water partition coefficient (Wildman–Crippen LogP) is 1.38. The van der Waals surface area contributed by atoms with Gasteiger partial charge in [-0.3, -0.25) is 9.59 Å². The molecule has 3 rings (SSSR count). The van der Waals surface area contributed by atoms with Crippen molar-refractivity contribution in [2.45, 2.75) is 31.8 Å². The van der Waals surface area contributed by atoms with E-state index in [1.807, 2.05) is 30.3 Å². The van der Waals surface area contributed by atoms with Crippen molar-refractivity contribution in [3.8, 4) is 0 Å². The molecule has 0 fully saturated rings. The second-order valence-electron chi connectivity index (χ2n) is 6.39. The molecule has 0 saturated heterocycles. The smallest absolute Gasteiger partial charge is 0.326 e. The Morgan fingerprint density at radius 1 is 1.07 bits per heavy atom. The highest BCUT2D eigenvalue weighted by Crippen LogP contribution is 2.05. The SMILES string of the molecule is O=C(CCCn1nnc2ccccc2c1=O)N[C@@H](Cc1ccccc1)C(=O)O. The van der Waals surface area contributed by atoms with Crippen molar-refractivity contribution in [3.63, 3.8) is 0 Å². The van der Waals surface area contributed by atoms with Gasteiger partial charge in [0.25, 0.3) is 5.56 Å². The van der Waals surface area contributed by atoms with Crippen molar-refractivity contribution in [2.24, 2.45) is 0 Å². The molecular formula is C20H20N4O4. The van der Waals surface area contributed by atoms with Gasteiger partial charge in [0.15, 0.2) is 0 Å². The molecule has 0 aliphatic heterocycles. The second-order valence-corrected chi connectivity index (χ2v) is 6.39. The number of carboxylic acids is 1. The molecule has 3 aromatic rings. The summed E-state index contributed by atoms with van der Waals surface area (Å²) in [5, 5.41) is 20.2. The molecule has 0 spiro atoms. The molecule has 28 heavy (non-hydrogen) atoms. The van der Waals surface area contributed by atoms with Crippen LogP contribution >= 0.6 is 0 Å². The number of benzene rings is 2. The van der Waals surface area contributed by atoms with Gasteiger partial charge in [0.05, 0.1) is 5.39 Å². The Morgan fingerprint density at radius 2 is 1.79 bits per heavy atom. The minimum absolute atomic E-state index is 0.0829. The highest BCUT2D eigenvalue weighted by Gasteiger charge is 2.20. The topological polar surface area (TPSA) is 114 Å². The Labute approximate surface area is 160 Å². The molecule has 2 N–H and O–H groups in total. The van der Waals surface area contributed by atoms with E-state index in [4.69, 9.17) is 0 Å². The number of rotatable bonds is 8. The third-order valence-corrected chi connectivity index (χ3v) is 4.32. The van der Waals surface area contributed by atoms with Crippen LogP contribution in [0.15, 0.2) is 59.4 Å². The predicted molar refractivity (Wildman–Crippen MR) is 103 cm³/mol. The first-order valence-corrected chi connectivity index (χ1v) is 8.93. The minimum atomic E-state index is -1.09. The molecular weight excluding hydrogens is 360 g/mol. The van der Waals surface area contributed by atoms with Crippen LogP contribution in [0.2, 0.25) is 0 Å². The summed E-state index contributed by atoms with van der Waals surface area (Å²) >= 11 is 0. The molecule has 0 aliphatic rings. The monoisotopic (exact) mass is 380 g/mol. The number of amides is 1. The average Bonchev–Trinajstić information content (AvgIpc) is 2.70. The molecule has 2 aromatic carbocycles. The third-order valence-electron chi connectivity index (χ3n) is 4.32. The van der Waals surface area contributed by atoms with E-state index in [1.165, 1.54) is 4.68 Å². The lowest BCUT2D eigenvalue weighted by Crippen LogP contribution is -2.42. The summed E-state index contributed by atoms with van der Waals surface area (Å²) in [4.78, 5) is 35.9. The van der Waals surface area contributed by atoms with Crippen molar-refractivity contribution in [3.05, 3.63) is 70.5 Å². The van der Waals surface area contributed by atoms with E-state index in [1.54, 1.807) is 24.3 Å². The van der Waals surface area contributed by atoms with E-state index in [0.29, 0.717) is 17.3 Å². The zero-order valence-electron chi connectivity index (χ0n) is 15.1. The van der Waals surface area contributed by atoms with Gasteiger partial charge in [-0.15, -0.1) is 5.10 Å². The number of carbonyl (C=O) groups excluding carboxylic acids is 1. The molecule has 0 saturated carbocycles. The molecule has 1 heterocycles. The summed E-state index contributed by atoms with van der Waals surface area (Å²) in [6, 6.07) is 15.0. The summed E-state index contributed by atoms with van der Waals surface area (Å²) < 4.78 is 1.22. The Balaban J connectivity index is 1.55. The fraction of sp³-hybridized carbons (Fsp3) is 0.250. The Hall–Kier alpha value is -3.55. The third kappa shape index (κ3) is 4.79. The first-order chi connectivity index (χ1) is 13.5. The van der Waals surface area contributed by atoms with E-state index in [0.717, 1.165) is 5.56 Å². The quantitative estimate of drug-likeness (QED) is 0.610. The number of nitrogens with zero attached hydrogens (tertiary/aromatic N) is 3. The van der Waals surface area contributed by atoms with Gasteiger partial charge in [0.1, 0.15) is 11.6 Å². The van der Waals surface area contributed by atoms with Crippen LogP contribution in [0.4, 0.5) is 0 Å². The fourth-order valence-electron chi connectivity index (χ4n) is 2.88. The van der Waals surface area contributed by atoms with Crippen molar-refractivity contribution >= 4 is 22.8 Å². The largest absolute Gasteiger partial charge is 0.480 e. The van der Waals surface area contributed by atoms with Gasteiger partial charge in [-0.1, -0.05) is 47.7 Å². The van der Waals surface area contributed by atoms with E-state index in [9.17, 15) is 19.5 Å². The van der Waals surface area contributed by atoms with E-state index < -0.39 is 12.0 Å². The maximum atomic E-state index is 12.4. The number of fused-ring (bicyclic) bond motifs is 1. The average molecular weight is 380 g/mol. The highest BCUT2D eigenvalue weighted by molar-refractivity contribution is 5.83. The maximum absolute atomic E-state index is 12.4. The van der Waals surface area contributed by atoms with Crippen LogP contribution in [0.5, 0.6) is 0 Å². The molecule has 0 aliphatic carbocycles. The van der Waals surface area contributed by atoms with Crippen LogP contribution in [0, 0.1) is 0 Å². The summed E-state index contributed by atoms with van der Waals surface area (Å²) in [5.74, 6) is -1.47. The Morgan fingerprint density at radius 3 is 2.54 bits per heavy atom. The zero-order chi connectivity index (χ0) is 19.9. The Kier molecular flexibility index (Phi) is 6.11. The van der Waals surface area contributed by atoms with Crippen LogP contribution < -0.4 is 10.9 Å². The number of carbonyl (C=O) groups is 2. The van der Waals surface area contributed by atoms with Gasteiger partial charge in [-0.05, 0) is 24.1 Å². The highest BCUT2D eigenvalue weighted by atomic mass is 16.4. The van der Waals surface area contributed by atoms with Crippen LogP contribution in [0.3, 0.4) is 0 Å². The van der Waals surface area contributed by atoms with E-state index in [2.05, 4.69) is 15.6 Å². The van der Waals surface area contributed by atoms with Crippen LogP contribution in [-0.4, -0.2) is 38.0 Å². The normalized spacial score (nSPS) is 11.9. The molecule has 0 radical (unpaired) electrons. The molecule has 0 bridgehead atoms. The molecule has 8 nitrogen and oxygen atoms in total. The summed E-state index contributed by atoms with van der Waals surface area (Å²) in [6.45, 7) is 0.223. The van der Waals surface area contributed by atoms with Crippen molar-refractivity contribution in [1.82, 2.24) is 20.3 Å². The number of hydrogen-bond donors (Lipinski definition) is 2. The van der Waals surface area contributed by atoms with Gasteiger partial charge in [-0.2, -0.15) is 0 Å². The number of aliphatic carboxylic acids is 1. The lowest BCUT2D eigenvalue weighted by molar-refractivity contribution is -0.141. The minimum Gasteiger partial charge on any atom is -0.480 e. The molecule has 1 amide bonds. The molecule has 0 unspecified atom stereocenters.